The highest BCUT2D eigenvalue weighted by atomic mass is 19.1. The molecule has 0 spiro atoms. The number of rotatable bonds is 7. The van der Waals surface area contributed by atoms with Gasteiger partial charge in [-0.25, -0.2) is 9.37 Å². The Morgan fingerprint density at radius 1 is 1.12 bits per heavy atom. The summed E-state index contributed by atoms with van der Waals surface area (Å²) in [5.74, 6) is -0.639. The summed E-state index contributed by atoms with van der Waals surface area (Å²) in [4.78, 5) is 32.4. The zero-order chi connectivity index (χ0) is 23.5. The minimum Gasteiger partial charge on any atom is -0.366 e. The lowest BCUT2D eigenvalue weighted by molar-refractivity contribution is -0.119. The molecule has 0 atom stereocenters. The van der Waals surface area contributed by atoms with E-state index in [4.69, 9.17) is 5.73 Å². The quantitative estimate of drug-likeness (QED) is 0.403. The van der Waals surface area contributed by atoms with Gasteiger partial charge in [0, 0.05) is 42.9 Å². The average molecular weight is 446 g/mol. The first-order valence-corrected chi connectivity index (χ1v) is 10.3. The molecule has 2 aromatic heterocycles. The number of nitrogens with two attached hydrogens (primary N) is 1. The fourth-order valence-electron chi connectivity index (χ4n) is 3.66. The smallest absolute Gasteiger partial charge is 0.249 e. The SMILES string of the molecule is CC(=O)NCc1cnc(-n2c(C)cc3c(C(N)=O)cc(F)cc32)nc1NCc1ccccc1. The van der Waals surface area contributed by atoms with Crippen molar-refractivity contribution in [2.45, 2.75) is 26.9 Å². The number of carbonyl (C=O) groups excluding carboxylic acids is 2. The Morgan fingerprint density at radius 2 is 1.88 bits per heavy atom. The van der Waals surface area contributed by atoms with Gasteiger partial charge in [-0.15, -0.1) is 0 Å². The van der Waals surface area contributed by atoms with Gasteiger partial charge >= 0.3 is 0 Å². The summed E-state index contributed by atoms with van der Waals surface area (Å²) in [6, 6.07) is 14.0. The Morgan fingerprint density at radius 3 is 2.58 bits per heavy atom. The summed E-state index contributed by atoms with van der Waals surface area (Å²) in [5, 5.41) is 6.58. The van der Waals surface area contributed by atoms with Crippen LogP contribution in [0.5, 0.6) is 0 Å². The Bertz CT molecular complexity index is 1350. The molecule has 33 heavy (non-hydrogen) atoms. The van der Waals surface area contributed by atoms with Crippen LogP contribution in [-0.2, 0) is 17.9 Å². The molecule has 0 fully saturated rings. The first-order chi connectivity index (χ1) is 15.8. The molecule has 9 heteroatoms. The normalized spacial score (nSPS) is 10.9. The monoisotopic (exact) mass is 446 g/mol. The van der Waals surface area contributed by atoms with Crippen LogP contribution in [0, 0.1) is 12.7 Å². The summed E-state index contributed by atoms with van der Waals surface area (Å²) in [6.45, 7) is 4.01. The van der Waals surface area contributed by atoms with Gasteiger partial charge in [0.2, 0.25) is 17.8 Å². The van der Waals surface area contributed by atoms with E-state index >= 15 is 0 Å². The fraction of sp³-hybridized carbons (Fsp3) is 0.167. The molecule has 0 bridgehead atoms. The highest BCUT2D eigenvalue weighted by Crippen LogP contribution is 2.27. The van der Waals surface area contributed by atoms with Crippen LogP contribution in [0.2, 0.25) is 0 Å². The van der Waals surface area contributed by atoms with Crippen molar-refractivity contribution in [3.8, 4) is 5.95 Å². The summed E-state index contributed by atoms with van der Waals surface area (Å²) < 4.78 is 15.9. The molecule has 0 aliphatic carbocycles. The molecule has 0 unspecified atom stereocenters. The molecule has 8 nitrogen and oxygen atoms in total. The molecule has 168 valence electrons. The molecule has 0 saturated carbocycles. The highest BCUT2D eigenvalue weighted by Gasteiger charge is 2.18. The third-order valence-electron chi connectivity index (χ3n) is 5.22. The van der Waals surface area contributed by atoms with Crippen molar-refractivity contribution in [2.24, 2.45) is 5.73 Å². The number of hydrogen-bond acceptors (Lipinski definition) is 5. The molecule has 0 aliphatic heterocycles. The molecule has 0 aliphatic rings. The highest BCUT2D eigenvalue weighted by molar-refractivity contribution is 6.06. The van der Waals surface area contributed by atoms with E-state index in [2.05, 4.69) is 20.6 Å². The van der Waals surface area contributed by atoms with Gasteiger partial charge in [-0.3, -0.25) is 14.2 Å². The van der Waals surface area contributed by atoms with E-state index < -0.39 is 11.7 Å². The molecule has 2 aromatic carbocycles. The lowest BCUT2D eigenvalue weighted by atomic mass is 10.1. The number of carbonyl (C=O) groups is 2. The second-order valence-corrected chi connectivity index (χ2v) is 7.66. The third kappa shape index (κ3) is 4.67. The summed E-state index contributed by atoms with van der Waals surface area (Å²) in [5.41, 5.74) is 8.44. The van der Waals surface area contributed by atoms with E-state index in [1.165, 1.54) is 13.0 Å². The molecule has 4 aromatic rings. The van der Waals surface area contributed by atoms with Gasteiger partial charge < -0.3 is 16.4 Å². The molecule has 0 radical (unpaired) electrons. The number of fused-ring (bicyclic) bond motifs is 1. The third-order valence-corrected chi connectivity index (χ3v) is 5.22. The predicted octanol–water partition coefficient (Wildman–Crippen LogP) is 3.22. The number of benzene rings is 2. The molecule has 4 N–H and O–H groups in total. The number of halogens is 1. The van der Waals surface area contributed by atoms with Crippen molar-refractivity contribution in [1.82, 2.24) is 19.9 Å². The topological polar surface area (TPSA) is 115 Å². The average Bonchev–Trinajstić information content (AvgIpc) is 3.11. The Labute approximate surface area is 189 Å². The molecular formula is C24H23FN6O2. The largest absolute Gasteiger partial charge is 0.366 e. The zero-order valence-electron chi connectivity index (χ0n) is 18.2. The Kier molecular flexibility index (Phi) is 6.03. The number of nitrogens with one attached hydrogen (secondary N) is 2. The van der Waals surface area contributed by atoms with Crippen LogP contribution in [0.4, 0.5) is 10.2 Å². The van der Waals surface area contributed by atoms with Crippen LogP contribution in [0.1, 0.15) is 34.1 Å². The summed E-state index contributed by atoms with van der Waals surface area (Å²) in [7, 11) is 0. The molecule has 0 saturated heterocycles. The van der Waals surface area contributed by atoms with E-state index in [1.807, 2.05) is 37.3 Å². The van der Waals surface area contributed by atoms with Crippen molar-refractivity contribution in [3.63, 3.8) is 0 Å². The summed E-state index contributed by atoms with van der Waals surface area (Å²) >= 11 is 0. The zero-order valence-corrected chi connectivity index (χ0v) is 18.2. The van der Waals surface area contributed by atoms with Gasteiger partial charge in [-0.2, -0.15) is 4.98 Å². The van der Waals surface area contributed by atoms with Crippen LogP contribution in [-0.4, -0.2) is 26.3 Å². The van der Waals surface area contributed by atoms with Crippen molar-refractivity contribution in [2.75, 3.05) is 5.32 Å². The van der Waals surface area contributed by atoms with Crippen LogP contribution < -0.4 is 16.4 Å². The Hall–Kier alpha value is -4.27. The number of aryl methyl sites for hydroxylation is 1. The van der Waals surface area contributed by atoms with Crippen LogP contribution >= 0.6 is 0 Å². The molecule has 2 heterocycles. The Balaban J connectivity index is 1.79. The minimum atomic E-state index is -0.714. The first kappa shape index (κ1) is 21.9. The fourth-order valence-corrected chi connectivity index (χ4v) is 3.66. The van der Waals surface area contributed by atoms with E-state index in [1.54, 1.807) is 16.8 Å². The van der Waals surface area contributed by atoms with E-state index in [-0.39, 0.29) is 18.0 Å². The number of hydrogen-bond donors (Lipinski definition) is 3. The number of anilines is 1. The molecular weight excluding hydrogens is 423 g/mol. The van der Waals surface area contributed by atoms with Crippen molar-refractivity contribution in [3.05, 3.63) is 82.9 Å². The van der Waals surface area contributed by atoms with Crippen LogP contribution in [0.25, 0.3) is 16.9 Å². The minimum absolute atomic E-state index is 0.0940. The van der Waals surface area contributed by atoms with E-state index in [0.717, 1.165) is 11.6 Å². The van der Waals surface area contributed by atoms with Crippen LogP contribution in [0.3, 0.4) is 0 Å². The second-order valence-electron chi connectivity index (χ2n) is 7.66. The van der Waals surface area contributed by atoms with E-state index in [9.17, 15) is 14.0 Å². The van der Waals surface area contributed by atoms with Crippen molar-refractivity contribution in [1.29, 1.82) is 0 Å². The number of amides is 2. The van der Waals surface area contributed by atoms with Gasteiger partial charge in [0.05, 0.1) is 11.1 Å². The standard InChI is InChI=1S/C24H23FN6O2/c1-14-8-19-20(22(26)33)9-18(25)10-21(19)31(14)24-29-13-17(12-27-15(2)32)23(30-24)28-11-16-6-4-3-5-7-16/h3-10,13H,11-12H2,1-2H3,(H2,26,33)(H,27,32)(H,28,29,30). The predicted molar refractivity (Wildman–Crippen MR) is 123 cm³/mol. The van der Waals surface area contributed by atoms with Crippen molar-refractivity contribution >= 4 is 28.5 Å². The maximum absolute atomic E-state index is 14.3. The van der Waals surface area contributed by atoms with Gasteiger partial charge in [0.15, 0.2) is 0 Å². The number of nitrogens with zero attached hydrogens (tertiary/aromatic N) is 3. The molecule has 2 amide bonds. The molecule has 4 rings (SSSR count). The van der Waals surface area contributed by atoms with Crippen molar-refractivity contribution < 1.29 is 14.0 Å². The van der Waals surface area contributed by atoms with E-state index in [0.29, 0.717) is 40.5 Å². The first-order valence-electron chi connectivity index (χ1n) is 10.3. The number of primary amides is 1. The van der Waals surface area contributed by atoms with Gasteiger partial charge in [0.25, 0.3) is 0 Å². The maximum atomic E-state index is 14.3. The summed E-state index contributed by atoms with van der Waals surface area (Å²) in [6.07, 6.45) is 1.62. The van der Waals surface area contributed by atoms with Gasteiger partial charge in [-0.05, 0) is 30.7 Å². The van der Waals surface area contributed by atoms with Gasteiger partial charge in [0.1, 0.15) is 11.6 Å². The maximum Gasteiger partial charge on any atom is 0.249 e. The number of aromatic nitrogens is 3. The van der Waals surface area contributed by atoms with Gasteiger partial charge in [-0.1, -0.05) is 30.3 Å². The lowest BCUT2D eigenvalue weighted by Gasteiger charge is -2.14. The van der Waals surface area contributed by atoms with Crippen LogP contribution in [0.15, 0.2) is 54.7 Å². The lowest BCUT2D eigenvalue weighted by Crippen LogP contribution is -2.21. The second kappa shape index (κ2) is 9.07.